The van der Waals surface area contributed by atoms with Gasteiger partial charge in [0.1, 0.15) is 28.3 Å². The minimum absolute atomic E-state index is 0.0221. The molecule has 0 radical (unpaired) electrons. The van der Waals surface area contributed by atoms with Crippen LogP contribution in [0.5, 0.6) is 11.5 Å². The molecule has 5 heteroatoms. The number of nitriles is 1. The van der Waals surface area contributed by atoms with E-state index in [1.165, 1.54) is 13.2 Å². The van der Waals surface area contributed by atoms with E-state index in [0.29, 0.717) is 16.7 Å². The first-order valence-electron chi connectivity index (χ1n) is 4.43. The summed E-state index contributed by atoms with van der Waals surface area (Å²) in [5.41, 5.74) is 0.470. The molecular weight excluding hydrogens is 228 g/mol. The van der Waals surface area contributed by atoms with Crippen LogP contribution in [0.4, 0.5) is 0 Å². The molecule has 1 N–H and O–H groups in total. The Hall–Kier alpha value is -1.99. The summed E-state index contributed by atoms with van der Waals surface area (Å²) in [7, 11) is 1.49. The Kier molecular flexibility index (Phi) is 2.55. The summed E-state index contributed by atoms with van der Waals surface area (Å²) in [6.07, 6.45) is 0. The van der Waals surface area contributed by atoms with Crippen molar-refractivity contribution < 1.29 is 9.84 Å². The molecule has 2 aromatic rings. The Morgan fingerprint density at radius 1 is 1.50 bits per heavy atom. The number of pyridine rings is 1. The molecule has 1 heterocycles. The summed E-state index contributed by atoms with van der Waals surface area (Å²) in [5, 5.41) is 19.2. The van der Waals surface area contributed by atoms with Gasteiger partial charge in [-0.3, -0.25) is 0 Å². The van der Waals surface area contributed by atoms with Gasteiger partial charge in [-0.1, -0.05) is 11.6 Å². The zero-order chi connectivity index (χ0) is 11.7. The average Bonchev–Trinajstić information content (AvgIpc) is 2.30. The number of nitrogens with zero attached hydrogens (tertiary/aromatic N) is 2. The van der Waals surface area contributed by atoms with Crippen LogP contribution in [-0.2, 0) is 0 Å². The number of benzene rings is 1. The summed E-state index contributed by atoms with van der Waals surface area (Å²) >= 11 is 6.03. The van der Waals surface area contributed by atoms with E-state index in [0.717, 1.165) is 0 Å². The molecule has 4 nitrogen and oxygen atoms in total. The van der Waals surface area contributed by atoms with E-state index >= 15 is 0 Å². The second-order valence-electron chi connectivity index (χ2n) is 3.12. The summed E-state index contributed by atoms with van der Waals surface area (Å²) in [6, 6.07) is 6.43. The summed E-state index contributed by atoms with van der Waals surface area (Å²) in [5.74, 6) is 0.433. The number of aromatic nitrogens is 1. The number of methoxy groups -OCH3 is 1. The van der Waals surface area contributed by atoms with Crippen molar-refractivity contribution in [2.45, 2.75) is 0 Å². The lowest BCUT2D eigenvalue weighted by Crippen LogP contribution is -1.90. The zero-order valence-electron chi connectivity index (χ0n) is 8.36. The lowest BCUT2D eigenvalue weighted by Gasteiger charge is -2.07. The van der Waals surface area contributed by atoms with Crippen molar-refractivity contribution in [3.8, 4) is 17.6 Å². The number of hydrogen-bond donors (Lipinski definition) is 1. The van der Waals surface area contributed by atoms with Crippen molar-refractivity contribution >= 4 is 22.5 Å². The first kappa shape index (κ1) is 10.5. The largest absolute Gasteiger partial charge is 0.507 e. The third-order valence-corrected chi connectivity index (χ3v) is 2.56. The summed E-state index contributed by atoms with van der Waals surface area (Å²) < 4.78 is 5.03. The van der Waals surface area contributed by atoms with Gasteiger partial charge in [-0.15, -0.1) is 0 Å². The van der Waals surface area contributed by atoms with Gasteiger partial charge in [0.05, 0.1) is 12.6 Å². The molecule has 0 spiro atoms. The zero-order valence-corrected chi connectivity index (χ0v) is 9.12. The molecule has 0 amide bonds. The topological polar surface area (TPSA) is 66.1 Å². The fraction of sp³-hybridized carbons (Fsp3) is 0.0909. The molecular formula is C11H7ClN2O2. The molecule has 0 aliphatic carbocycles. The van der Waals surface area contributed by atoms with E-state index in [-0.39, 0.29) is 16.5 Å². The molecule has 0 bridgehead atoms. The SMILES string of the molecule is COc1ccc2c(O)cc(C#N)nc2c1Cl. The van der Waals surface area contributed by atoms with Crippen LogP contribution in [0, 0.1) is 11.3 Å². The predicted octanol–water partition coefficient (Wildman–Crippen LogP) is 2.47. The van der Waals surface area contributed by atoms with Gasteiger partial charge in [0.2, 0.25) is 0 Å². The van der Waals surface area contributed by atoms with E-state index in [4.69, 9.17) is 21.6 Å². The van der Waals surface area contributed by atoms with Crippen molar-refractivity contribution in [3.05, 3.63) is 28.9 Å². The van der Waals surface area contributed by atoms with Gasteiger partial charge < -0.3 is 9.84 Å². The van der Waals surface area contributed by atoms with Crippen molar-refractivity contribution in [1.29, 1.82) is 5.26 Å². The maximum Gasteiger partial charge on any atom is 0.144 e. The van der Waals surface area contributed by atoms with Crippen LogP contribution >= 0.6 is 11.6 Å². The molecule has 16 heavy (non-hydrogen) atoms. The van der Waals surface area contributed by atoms with Crippen molar-refractivity contribution in [2.75, 3.05) is 7.11 Å². The lowest BCUT2D eigenvalue weighted by atomic mass is 10.1. The highest BCUT2D eigenvalue weighted by Crippen LogP contribution is 2.35. The lowest BCUT2D eigenvalue weighted by molar-refractivity contribution is 0.415. The van der Waals surface area contributed by atoms with Crippen LogP contribution < -0.4 is 4.74 Å². The fourth-order valence-electron chi connectivity index (χ4n) is 1.44. The highest BCUT2D eigenvalue weighted by atomic mass is 35.5. The molecule has 80 valence electrons. The molecule has 0 aliphatic rings. The third kappa shape index (κ3) is 1.51. The number of ether oxygens (including phenoxy) is 1. The van der Waals surface area contributed by atoms with Gasteiger partial charge in [0.25, 0.3) is 0 Å². The van der Waals surface area contributed by atoms with Gasteiger partial charge >= 0.3 is 0 Å². The molecule has 0 saturated heterocycles. The Balaban J connectivity index is 2.87. The molecule has 0 atom stereocenters. The third-order valence-electron chi connectivity index (χ3n) is 2.20. The van der Waals surface area contributed by atoms with Crippen LogP contribution in [-0.4, -0.2) is 17.2 Å². The standard InChI is InChI=1S/C11H7ClN2O2/c1-16-9-3-2-7-8(15)4-6(5-13)14-11(7)10(9)12/h2-4H,1H3,(H,14,15). The van der Waals surface area contributed by atoms with Crippen LogP contribution in [0.15, 0.2) is 18.2 Å². The number of rotatable bonds is 1. The van der Waals surface area contributed by atoms with E-state index < -0.39 is 0 Å². The Bertz CT molecular complexity index is 605. The predicted molar refractivity (Wildman–Crippen MR) is 59.7 cm³/mol. The van der Waals surface area contributed by atoms with E-state index in [1.807, 2.05) is 6.07 Å². The van der Waals surface area contributed by atoms with Gasteiger partial charge in [-0.2, -0.15) is 5.26 Å². The normalized spacial score (nSPS) is 10.1. The van der Waals surface area contributed by atoms with Crippen LogP contribution in [0.25, 0.3) is 10.9 Å². The average molecular weight is 235 g/mol. The second-order valence-corrected chi connectivity index (χ2v) is 3.49. The van der Waals surface area contributed by atoms with Gasteiger partial charge in [0.15, 0.2) is 0 Å². The van der Waals surface area contributed by atoms with Crippen LogP contribution in [0.2, 0.25) is 5.02 Å². The summed E-state index contributed by atoms with van der Waals surface area (Å²) in [6.45, 7) is 0. The highest BCUT2D eigenvalue weighted by Gasteiger charge is 2.11. The molecule has 0 saturated carbocycles. The van der Waals surface area contributed by atoms with Crippen LogP contribution in [0.1, 0.15) is 5.69 Å². The maximum absolute atomic E-state index is 9.68. The summed E-state index contributed by atoms with van der Waals surface area (Å²) in [4.78, 5) is 4.03. The van der Waals surface area contributed by atoms with E-state index in [9.17, 15) is 5.11 Å². The number of aromatic hydroxyl groups is 1. The van der Waals surface area contributed by atoms with Crippen molar-refractivity contribution in [3.63, 3.8) is 0 Å². The Morgan fingerprint density at radius 2 is 2.25 bits per heavy atom. The maximum atomic E-state index is 9.68. The molecule has 2 rings (SSSR count). The molecule has 1 aromatic heterocycles. The molecule has 0 aliphatic heterocycles. The van der Waals surface area contributed by atoms with Crippen LogP contribution in [0.3, 0.4) is 0 Å². The minimum Gasteiger partial charge on any atom is -0.507 e. The van der Waals surface area contributed by atoms with E-state index in [1.54, 1.807) is 12.1 Å². The fourth-order valence-corrected chi connectivity index (χ4v) is 1.72. The second kappa shape index (κ2) is 3.87. The smallest absolute Gasteiger partial charge is 0.144 e. The van der Waals surface area contributed by atoms with Crippen molar-refractivity contribution in [1.82, 2.24) is 4.98 Å². The Labute approximate surface area is 96.7 Å². The minimum atomic E-state index is -0.0221. The molecule has 0 fully saturated rings. The monoisotopic (exact) mass is 234 g/mol. The first-order valence-corrected chi connectivity index (χ1v) is 4.81. The first-order chi connectivity index (χ1) is 7.67. The highest BCUT2D eigenvalue weighted by molar-refractivity contribution is 6.36. The Morgan fingerprint density at radius 3 is 2.88 bits per heavy atom. The molecule has 1 aromatic carbocycles. The molecule has 0 unspecified atom stereocenters. The number of fused-ring (bicyclic) bond motifs is 1. The van der Waals surface area contributed by atoms with E-state index in [2.05, 4.69) is 4.98 Å². The number of hydrogen-bond acceptors (Lipinski definition) is 4. The van der Waals surface area contributed by atoms with Gasteiger partial charge in [-0.05, 0) is 12.1 Å². The number of halogens is 1. The quantitative estimate of drug-likeness (QED) is 0.823. The van der Waals surface area contributed by atoms with Gasteiger partial charge in [0, 0.05) is 11.5 Å². The van der Waals surface area contributed by atoms with Crippen molar-refractivity contribution in [2.24, 2.45) is 0 Å². The van der Waals surface area contributed by atoms with Gasteiger partial charge in [-0.25, -0.2) is 4.98 Å².